The van der Waals surface area contributed by atoms with Crippen LogP contribution in [0, 0.1) is 0 Å². The van der Waals surface area contributed by atoms with Gasteiger partial charge in [0.2, 0.25) is 0 Å². The summed E-state index contributed by atoms with van der Waals surface area (Å²) < 4.78 is 2.00. The zero-order valence-electron chi connectivity index (χ0n) is 15.1. The summed E-state index contributed by atoms with van der Waals surface area (Å²) in [6.07, 6.45) is 1.88. The number of piperazine rings is 1. The normalized spacial score (nSPS) is 18.8. The van der Waals surface area contributed by atoms with Crippen molar-refractivity contribution in [2.24, 2.45) is 0 Å². The fourth-order valence-corrected chi connectivity index (χ4v) is 4.25. The Morgan fingerprint density at radius 1 is 1.26 bits per heavy atom. The van der Waals surface area contributed by atoms with Crippen molar-refractivity contribution in [2.45, 2.75) is 19.0 Å². The minimum atomic E-state index is -0.0178. The first-order valence-electron chi connectivity index (χ1n) is 9.08. The summed E-state index contributed by atoms with van der Waals surface area (Å²) >= 11 is 12.4. The Balaban J connectivity index is 1.70. The third-order valence-corrected chi connectivity index (χ3v) is 5.76. The number of fused-ring (bicyclic) bond motifs is 1. The number of aromatic nitrogens is 2. The molecule has 1 saturated heterocycles. The van der Waals surface area contributed by atoms with Gasteiger partial charge in [0.1, 0.15) is 0 Å². The number of benzene rings is 2. The SMILES string of the molecule is CC(c1ccc(Cl)cc1Cl)n1ncc2ccc(N3CCN[C@H](CO)C3)cc21. The monoisotopic (exact) mass is 404 g/mol. The molecule has 27 heavy (non-hydrogen) atoms. The van der Waals surface area contributed by atoms with Crippen LogP contribution in [-0.4, -0.2) is 47.2 Å². The van der Waals surface area contributed by atoms with Crippen LogP contribution in [0.25, 0.3) is 10.9 Å². The number of halogens is 2. The second kappa shape index (κ2) is 7.68. The number of hydrogen-bond donors (Lipinski definition) is 2. The molecule has 0 bridgehead atoms. The van der Waals surface area contributed by atoms with Crippen LogP contribution in [0.2, 0.25) is 10.0 Å². The Bertz CT molecular complexity index is 958. The van der Waals surface area contributed by atoms with Crippen molar-refractivity contribution in [3.63, 3.8) is 0 Å². The van der Waals surface area contributed by atoms with Crippen LogP contribution < -0.4 is 10.2 Å². The van der Waals surface area contributed by atoms with Gasteiger partial charge in [0.05, 0.1) is 24.4 Å². The van der Waals surface area contributed by atoms with Gasteiger partial charge in [0, 0.05) is 46.8 Å². The number of rotatable bonds is 4. The van der Waals surface area contributed by atoms with Gasteiger partial charge >= 0.3 is 0 Å². The average Bonchev–Trinajstić information content (AvgIpc) is 3.11. The predicted octanol–water partition coefficient (Wildman–Crippen LogP) is 3.72. The number of hydrogen-bond acceptors (Lipinski definition) is 4. The fraction of sp³-hybridized carbons (Fsp3) is 0.350. The Hall–Kier alpha value is -1.79. The molecule has 142 valence electrons. The van der Waals surface area contributed by atoms with E-state index in [9.17, 15) is 5.11 Å². The van der Waals surface area contributed by atoms with Gasteiger partial charge in [-0.05, 0) is 42.8 Å². The van der Waals surface area contributed by atoms with Gasteiger partial charge in [-0.3, -0.25) is 4.68 Å². The molecule has 0 radical (unpaired) electrons. The van der Waals surface area contributed by atoms with Gasteiger partial charge < -0.3 is 15.3 Å². The second-order valence-electron chi connectivity index (χ2n) is 6.95. The molecule has 0 aliphatic carbocycles. The molecule has 1 fully saturated rings. The number of aliphatic hydroxyl groups is 1. The first kappa shape index (κ1) is 18.6. The van der Waals surface area contributed by atoms with Gasteiger partial charge in [-0.1, -0.05) is 29.3 Å². The summed E-state index contributed by atoms with van der Waals surface area (Å²) in [4.78, 5) is 2.30. The summed E-state index contributed by atoms with van der Waals surface area (Å²) in [6.45, 7) is 4.78. The molecule has 2 aromatic carbocycles. The number of nitrogens with one attached hydrogen (secondary N) is 1. The van der Waals surface area contributed by atoms with Gasteiger partial charge in [-0.25, -0.2) is 0 Å². The minimum absolute atomic E-state index is 0.0178. The maximum Gasteiger partial charge on any atom is 0.0761 e. The van der Waals surface area contributed by atoms with E-state index >= 15 is 0 Å². The summed E-state index contributed by atoms with van der Waals surface area (Å²) in [5.41, 5.74) is 3.18. The lowest BCUT2D eigenvalue weighted by atomic mass is 10.1. The summed E-state index contributed by atoms with van der Waals surface area (Å²) in [6, 6.07) is 12.0. The van der Waals surface area contributed by atoms with Crippen LogP contribution >= 0.6 is 23.2 Å². The van der Waals surface area contributed by atoms with Crippen molar-refractivity contribution in [3.8, 4) is 0 Å². The van der Waals surface area contributed by atoms with Crippen molar-refractivity contribution in [3.05, 3.63) is 58.2 Å². The zero-order valence-corrected chi connectivity index (χ0v) is 16.6. The van der Waals surface area contributed by atoms with Gasteiger partial charge in [0.25, 0.3) is 0 Å². The summed E-state index contributed by atoms with van der Waals surface area (Å²) in [7, 11) is 0. The van der Waals surface area contributed by atoms with E-state index in [1.54, 1.807) is 6.07 Å². The quantitative estimate of drug-likeness (QED) is 0.695. The van der Waals surface area contributed by atoms with E-state index in [0.29, 0.717) is 10.0 Å². The van der Waals surface area contributed by atoms with E-state index in [1.807, 2.05) is 23.0 Å². The number of aliphatic hydroxyl groups excluding tert-OH is 1. The molecule has 0 saturated carbocycles. The molecule has 1 aromatic heterocycles. The molecule has 0 spiro atoms. The molecular formula is C20H22Cl2N4O. The molecule has 1 aliphatic heterocycles. The molecule has 1 unspecified atom stereocenters. The molecule has 5 nitrogen and oxygen atoms in total. The highest BCUT2D eigenvalue weighted by Crippen LogP contribution is 2.31. The van der Waals surface area contributed by atoms with Crippen molar-refractivity contribution in [1.29, 1.82) is 0 Å². The topological polar surface area (TPSA) is 53.3 Å². The molecule has 2 N–H and O–H groups in total. The highest BCUT2D eigenvalue weighted by Gasteiger charge is 2.20. The van der Waals surface area contributed by atoms with Crippen LogP contribution in [0.5, 0.6) is 0 Å². The molecule has 3 aromatic rings. The maximum absolute atomic E-state index is 9.46. The van der Waals surface area contributed by atoms with E-state index < -0.39 is 0 Å². The van der Waals surface area contributed by atoms with E-state index in [2.05, 4.69) is 40.4 Å². The largest absolute Gasteiger partial charge is 0.395 e. The highest BCUT2D eigenvalue weighted by atomic mass is 35.5. The lowest BCUT2D eigenvalue weighted by Crippen LogP contribution is -2.52. The smallest absolute Gasteiger partial charge is 0.0761 e. The standard InChI is InChI=1S/C20H22Cl2N4O/c1-13(18-5-3-15(21)8-19(18)22)26-20-9-17(4-2-14(20)10-24-26)25-7-6-23-16(11-25)12-27/h2-5,8-10,13,16,23,27H,6-7,11-12H2,1H3/t13?,16-/m0/s1. The fourth-order valence-electron chi connectivity index (χ4n) is 3.69. The first-order valence-corrected chi connectivity index (χ1v) is 9.84. The van der Waals surface area contributed by atoms with Gasteiger partial charge in [0.15, 0.2) is 0 Å². The third kappa shape index (κ3) is 3.65. The second-order valence-corrected chi connectivity index (χ2v) is 7.80. The van der Waals surface area contributed by atoms with E-state index in [4.69, 9.17) is 23.2 Å². The maximum atomic E-state index is 9.46. The van der Waals surface area contributed by atoms with Crippen molar-refractivity contribution >= 4 is 39.8 Å². The zero-order chi connectivity index (χ0) is 19.0. The molecule has 4 rings (SSSR count). The van der Waals surface area contributed by atoms with Crippen LogP contribution in [-0.2, 0) is 0 Å². The summed E-state index contributed by atoms with van der Waals surface area (Å²) in [5, 5.41) is 19.7. The third-order valence-electron chi connectivity index (χ3n) is 5.20. The van der Waals surface area contributed by atoms with Crippen LogP contribution in [0.1, 0.15) is 18.5 Å². The molecule has 7 heteroatoms. The Morgan fingerprint density at radius 2 is 2.11 bits per heavy atom. The first-order chi connectivity index (χ1) is 13.1. The van der Waals surface area contributed by atoms with Crippen LogP contribution in [0.3, 0.4) is 0 Å². The van der Waals surface area contributed by atoms with E-state index in [0.717, 1.165) is 41.8 Å². The predicted molar refractivity (Wildman–Crippen MR) is 111 cm³/mol. The van der Waals surface area contributed by atoms with Gasteiger partial charge in [-0.15, -0.1) is 0 Å². The lowest BCUT2D eigenvalue weighted by Gasteiger charge is -2.34. The highest BCUT2D eigenvalue weighted by molar-refractivity contribution is 6.35. The van der Waals surface area contributed by atoms with Crippen LogP contribution in [0.4, 0.5) is 5.69 Å². The van der Waals surface area contributed by atoms with Crippen molar-refractivity contribution in [2.75, 3.05) is 31.1 Å². The minimum Gasteiger partial charge on any atom is -0.395 e. The molecular weight excluding hydrogens is 383 g/mol. The molecule has 2 atom stereocenters. The van der Waals surface area contributed by atoms with Gasteiger partial charge in [-0.2, -0.15) is 5.10 Å². The van der Waals surface area contributed by atoms with E-state index in [1.165, 1.54) is 0 Å². The number of nitrogens with zero attached hydrogens (tertiary/aromatic N) is 3. The van der Waals surface area contributed by atoms with E-state index in [-0.39, 0.29) is 18.7 Å². The Morgan fingerprint density at radius 3 is 2.89 bits per heavy atom. The Kier molecular flexibility index (Phi) is 5.28. The molecule has 1 aliphatic rings. The van der Waals surface area contributed by atoms with Crippen molar-refractivity contribution < 1.29 is 5.11 Å². The van der Waals surface area contributed by atoms with Crippen LogP contribution in [0.15, 0.2) is 42.6 Å². The number of anilines is 1. The molecule has 2 heterocycles. The molecule has 0 amide bonds. The van der Waals surface area contributed by atoms with Crippen molar-refractivity contribution in [1.82, 2.24) is 15.1 Å². The average molecular weight is 405 g/mol. The lowest BCUT2D eigenvalue weighted by molar-refractivity contribution is 0.235. The summed E-state index contributed by atoms with van der Waals surface area (Å²) in [5.74, 6) is 0. The Labute approximate surface area is 168 Å².